The molecule has 64 valence electrons. The average molecular weight is 166 g/mol. The van der Waals surface area contributed by atoms with Gasteiger partial charge in [0.15, 0.2) is 0 Å². The van der Waals surface area contributed by atoms with E-state index in [-0.39, 0.29) is 5.76 Å². The number of rotatable bonds is 2. The minimum atomic E-state index is -4.36. The standard InChI is InChI=1S/C7H9F3O/c1-5(7(8,9)10)4-6(2)11-3/h4H,1H2,2-3H3/b6-4+. The molecule has 0 aromatic heterocycles. The molecule has 0 spiro atoms. The molecule has 0 bridgehead atoms. The summed E-state index contributed by atoms with van der Waals surface area (Å²) in [5.41, 5.74) is -0.906. The van der Waals surface area contributed by atoms with Gasteiger partial charge < -0.3 is 4.74 Å². The Kier molecular flexibility index (Phi) is 3.17. The number of alkyl halides is 3. The van der Waals surface area contributed by atoms with Gasteiger partial charge in [-0.1, -0.05) is 6.58 Å². The van der Waals surface area contributed by atoms with Crippen LogP contribution < -0.4 is 0 Å². The maximum absolute atomic E-state index is 11.7. The van der Waals surface area contributed by atoms with Crippen LogP contribution in [0.3, 0.4) is 0 Å². The van der Waals surface area contributed by atoms with Gasteiger partial charge in [-0.25, -0.2) is 0 Å². The van der Waals surface area contributed by atoms with Crippen LogP contribution in [0.2, 0.25) is 0 Å². The third kappa shape index (κ3) is 3.70. The molecule has 4 heteroatoms. The van der Waals surface area contributed by atoms with Crippen LogP contribution in [0.4, 0.5) is 13.2 Å². The first-order chi connectivity index (χ1) is 4.88. The Balaban J connectivity index is 4.30. The lowest BCUT2D eigenvalue weighted by atomic mass is 10.2. The van der Waals surface area contributed by atoms with Crippen molar-refractivity contribution in [2.24, 2.45) is 0 Å². The first-order valence-corrected chi connectivity index (χ1v) is 2.86. The maximum Gasteiger partial charge on any atom is 0.415 e. The summed E-state index contributed by atoms with van der Waals surface area (Å²) in [4.78, 5) is 0. The third-order valence-corrected chi connectivity index (χ3v) is 1.06. The minimum Gasteiger partial charge on any atom is -0.501 e. The molecule has 1 nitrogen and oxygen atoms in total. The summed E-state index contributed by atoms with van der Waals surface area (Å²) in [6.45, 7) is 4.26. The molecule has 0 aliphatic rings. The van der Waals surface area contributed by atoms with Crippen molar-refractivity contribution in [2.75, 3.05) is 7.11 Å². The van der Waals surface area contributed by atoms with Crippen molar-refractivity contribution < 1.29 is 17.9 Å². The molecule has 0 radical (unpaired) electrons. The fraction of sp³-hybridized carbons (Fsp3) is 0.429. The zero-order valence-corrected chi connectivity index (χ0v) is 6.33. The van der Waals surface area contributed by atoms with Gasteiger partial charge in [-0.15, -0.1) is 0 Å². The molecular weight excluding hydrogens is 157 g/mol. The van der Waals surface area contributed by atoms with Crippen LogP contribution >= 0.6 is 0 Å². The van der Waals surface area contributed by atoms with E-state index >= 15 is 0 Å². The molecule has 0 unspecified atom stereocenters. The molecule has 0 aliphatic heterocycles. The normalized spacial score (nSPS) is 13.0. The molecule has 0 heterocycles. The highest BCUT2D eigenvalue weighted by Gasteiger charge is 2.30. The van der Waals surface area contributed by atoms with Gasteiger partial charge in [-0.05, 0) is 13.0 Å². The fourth-order valence-electron chi connectivity index (χ4n) is 0.386. The second kappa shape index (κ2) is 3.46. The van der Waals surface area contributed by atoms with Crippen molar-refractivity contribution >= 4 is 0 Å². The Labute approximate surface area is 63.2 Å². The SMILES string of the molecule is C=C(/C=C(\C)OC)C(F)(F)F. The lowest BCUT2D eigenvalue weighted by Gasteiger charge is -2.06. The maximum atomic E-state index is 11.7. The summed E-state index contributed by atoms with van der Waals surface area (Å²) in [5.74, 6) is 0.187. The van der Waals surface area contributed by atoms with Crippen LogP contribution in [-0.4, -0.2) is 13.3 Å². The van der Waals surface area contributed by atoms with Crippen molar-refractivity contribution in [3.8, 4) is 0 Å². The molecule has 0 fully saturated rings. The predicted octanol–water partition coefficient (Wildman–Crippen LogP) is 2.66. The molecule has 0 amide bonds. The van der Waals surface area contributed by atoms with Gasteiger partial charge in [0.25, 0.3) is 0 Å². The molecule has 0 N–H and O–H groups in total. The molecule has 0 rings (SSSR count). The zero-order chi connectivity index (χ0) is 9.07. The van der Waals surface area contributed by atoms with Crippen LogP contribution in [-0.2, 0) is 4.74 Å². The van der Waals surface area contributed by atoms with Crippen molar-refractivity contribution in [3.05, 3.63) is 24.0 Å². The summed E-state index contributed by atoms with van der Waals surface area (Å²) in [6.07, 6.45) is -3.51. The second-order valence-corrected chi connectivity index (χ2v) is 1.98. The van der Waals surface area contributed by atoms with Crippen LogP contribution in [0, 0.1) is 0 Å². The van der Waals surface area contributed by atoms with Crippen LogP contribution in [0.15, 0.2) is 24.0 Å². The highest BCUT2D eigenvalue weighted by Crippen LogP contribution is 2.25. The van der Waals surface area contributed by atoms with Gasteiger partial charge in [0.1, 0.15) is 0 Å². The lowest BCUT2D eigenvalue weighted by Crippen LogP contribution is -2.09. The van der Waals surface area contributed by atoms with E-state index in [1.54, 1.807) is 0 Å². The van der Waals surface area contributed by atoms with E-state index < -0.39 is 11.7 Å². The topological polar surface area (TPSA) is 9.23 Å². The van der Waals surface area contributed by atoms with Crippen molar-refractivity contribution in [1.82, 2.24) is 0 Å². The van der Waals surface area contributed by atoms with E-state index in [1.807, 2.05) is 0 Å². The first kappa shape index (κ1) is 10.1. The Morgan fingerprint density at radius 3 is 2.18 bits per heavy atom. The Hall–Kier alpha value is -0.930. The van der Waals surface area contributed by atoms with E-state index in [9.17, 15) is 13.2 Å². The average Bonchev–Trinajstić information content (AvgIpc) is 1.85. The Bertz CT molecular complexity index is 179. The van der Waals surface area contributed by atoms with Gasteiger partial charge in [0.05, 0.1) is 18.4 Å². The van der Waals surface area contributed by atoms with Crippen LogP contribution in [0.5, 0.6) is 0 Å². The number of allylic oxidation sites excluding steroid dienone is 3. The van der Waals surface area contributed by atoms with Gasteiger partial charge in [-0.3, -0.25) is 0 Å². The summed E-state index contributed by atoms with van der Waals surface area (Å²) >= 11 is 0. The molecule has 0 aromatic rings. The van der Waals surface area contributed by atoms with Crippen molar-refractivity contribution in [3.63, 3.8) is 0 Å². The third-order valence-electron chi connectivity index (χ3n) is 1.06. The Morgan fingerprint density at radius 2 is 1.91 bits per heavy atom. The number of ether oxygens (including phenoxy) is 1. The van der Waals surface area contributed by atoms with Gasteiger partial charge in [0, 0.05) is 0 Å². The van der Waals surface area contributed by atoms with Gasteiger partial charge in [-0.2, -0.15) is 13.2 Å². The highest BCUT2D eigenvalue weighted by atomic mass is 19.4. The number of halogens is 3. The number of hydrogen-bond acceptors (Lipinski definition) is 1. The van der Waals surface area contributed by atoms with E-state index in [0.29, 0.717) is 0 Å². The molecule has 11 heavy (non-hydrogen) atoms. The number of methoxy groups -OCH3 is 1. The largest absolute Gasteiger partial charge is 0.501 e. The predicted molar refractivity (Wildman–Crippen MR) is 36.0 cm³/mol. The molecular formula is C7H9F3O. The van der Waals surface area contributed by atoms with E-state index in [4.69, 9.17) is 0 Å². The zero-order valence-electron chi connectivity index (χ0n) is 6.33. The molecule has 0 aromatic carbocycles. The highest BCUT2D eigenvalue weighted by molar-refractivity contribution is 5.21. The van der Waals surface area contributed by atoms with Crippen molar-refractivity contribution in [2.45, 2.75) is 13.1 Å². The van der Waals surface area contributed by atoms with Crippen LogP contribution in [0.1, 0.15) is 6.92 Å². The quantitative estimate of drug-likeness (QED) is 0.452. The Morgan fingerprint density at radius 1 is 1.45 bits per heavy atom. The summed E-state index contributed by atoms with van der Waals surface area (Å²) in [6, 6.07) is 0. The van der Waals surface area contributed by atoms with Gasteiger partial charge >= 0.3 is 6.18 Å². The smallest absolute Gasteiger partial charge is 0.415 e. The van der Waals surface area contributed by atoms with E-state index in [2.05, 4.69) is 11.3 Å². The summed E-state index contributed by atoms with van der Waals surface area (Å²) in [5, 5.41) is 0. The molecule has 0 atom stereocenters. The first-order valence-electron chi connectivity index (χ1n) is 2.86. The fourth-order valence-corrected chi connectivity index (χ4v) is 0.386. The van der Waals surface area contributed by atoms with Crippen molar-refractivity contribution in [1.29, 1.82) is 0 Å². The monoisotopic (exact) mass is 166 g/mol. The van der Waals surface area contributed by atoms with Gasteiger partial charge in [0.2, 0.25) is 0 Å². The summed E-state index contributed by atoms with van der Waals surface area (Å²) in [7, 11) is 1.30. The van der Waals surface area contributed by atoms with E-state index in [0.717, 1.165) is 6.08 Å². The molecule has 0 saturated carbocycles. The summed E-state index contributed by atoms with van der Waals surface area (Å²) < 4.78 is 39.8. The minimum absolute atomic E-state index is 0.187. The van der Waals surface area contributed by atoms with Crippen LogP contribution in [0.25, 0.3) is 0 Å². The number of hydrogen-bond donors (Lipinski definition) is 0. The second-order valence-electron chi connectivity index (χ2n) is 1.98. The molecule has 0 aliphatic carbocycles. The molecule has 0 saturated heterocycles. The van der Waals surface area contributed by atoms with E-state index in [1.165, 1.54) is 14.0 Å². The lowest BCUT2D eigenvalue weighted by molar-refractivity contribution is -0.0880.